The monoisotopic (exact) mass is 345 g/mol. The third-order valence-electron chi connectivity index (χ3n) is 4.13. The number of benzene rings is 1. The molecule has 0 saturated carbocycles. The van der Waals surface area contributed by atoms with Crippen LogP contribution in [0.4, 0.5) is 0 Å². The molecule has 1 unspecified atom stereocenters. The molecule has 1 amide bonds. The van der Waals surface area contributed by atoms with Gasteiger partial charge in [-0.1, -0.05) is 23.7 Å². The van der Waals surface area contributed by atoms with Gasteiger partial charge in [-0.2, -0.15) is 0 Å². The number of rotatable bonds is 5. The van der Waals surface area contributed by atoms with Gasteiger partial charge in [-0.3, -0.25) is 4.79 Å². The Morgan fingerprint density at radius 3 is 2.75 bits per heavy atom. The number of hydrogen-bond donors (Lipinski definition) is 0. The second-order valence-electron chi connectivity index (χ2n) is 5.99. The smallest absolute Gasteiger partial charge is 0.316 e. The Kier molecular flexibility index (Phi) is 5.64. The molecule has 0 spiro atoms. The number of amides is 1. The zero-order valence-corrected chi connectivity index (χ0v) is 14.2. The lowest BCUT2D eigenvalue weighted by Crippen LogP contribution is -2.42. The SMILES string of the molecule is O=C(Cc1ccc(Cl)cc1)N1CCCC(COc2ncccn2)C1. The van der Waals surface area contributed by atoms with Crippen LogP contribution in [0.25, 0.3) is 0 Å². The highest BCUT2D eigenvalue weighted by molar-refractivity contribution is 6.30. The molecule has 3 rings (SSSR count). The van der Waals surface area contributed by atoms with Crippen LogP contribution in [0.15, 0.2) is 42.7 Å². The predicted octanol–water partition coefficient (Wildman–Crippen LogP) is 2.99. The second kappa shape index (κ2) is 8.11. The number of likely N-dealkylation sites (tertiary alicyclic amines) is 1. The molecule has 1 aliphatic rings. The molecule has 2 aromatic rings. The average molecular weight is 346 g/mol. The highest BCUT2D eigenvalue weighted by Crippen LogP contribution is 2.19. The van der Waals surface area contributed by atoms with E-state index in [1.807, 2.05) is 29.2 Å². The van der Waals surface area contributed by atoms with E-state index in [1.54, 1.807) is 18.5 Å². The van der Waals surface area contributed by atoms with Crippen LogP contribution in [0.3, 0.4) is 0 Å². The zero-order valence-electron chi connectivity index (χ0n) is 13.4. The Hall–Kier alpha value is -2.14. The van der Waals surface area contributed by atoms with Gasteiger partial charge in [0.2, 0.25) is 5.91 Å². The molecule has 1 aliphatic heterocycles. The molecule has 1 saturated heterocycles. The summed E-state index contributed by atoms with van der Waals surface area (Å²) < 4.78 is 5.63. The first-order valence-corrected chi connectivity index (χ1v) is 8.50. The maximum atomic E-state index is 12.5. The summed E-state index contributed by atoms with van der Waals surface area (Å²) in [6.45, 7) is 2.07. The van der Waals surface area contributed by atoms with Crippen LogP contribution < -0.4 is 4.74 Å². The minimum Gasteiger partial charge on any atom is -0.463 e. The number of aromatic nitrogens is 2. The number of carbonyl (C=O) groups is 1. The van der Waals surface area contributed by atoms with Gasteiger partial charge in [-0.25, -0.2) is 9.97 Å². The number of nitrogens with zero attached hydrogens (tertiary/aromatic N) is 3. The fourth-order valence-electron chi connectivity index (χ4n) is 2.87. The van der Waals surface area contributed by atoms with E-state index >= 15 is 0 Å². The highest BCUT2D eigenvalue weighted by Gasteiger charge is 2.24. The van der Waals surface area contributed by atoms with Crippen molar-refractivity contribution in [2.24, 2.45) is 5.92 Å². The van der Waals surface area contributed by atoms with Crippen molar-refractivity contribution in [1.82, 2.24) is 14.9 Å². The van der Waals surface area contributed by atoms with E-state index in [9.17, 15) is 4.79 Å². The van der Waals surface area contributed by atoms with Gasteiger partial charge in [0.1, 0.15) is 0 Å². The highest BCUT2D eigenvalue weighted by atomic mass is 35.5. The van der Waals surface area contributed by atoms with Crippen molar-refractivity contribution < 1.29 is 9.53 Å². The van der Waals surface area contributed by atoms with Crippen molar-refractivity contribution in [3.8, 4) is 6.01 Å². The summed E-state index contributed by atoms with van der Waals surface area (Å²) in [5, 5.41) is 0.685. The van der Waals surface area contributed by atoms with E-state index < -0.39 is 0 Å². The molecule has 6 heteroatoms. The van der Waals surface area contributed by atoms with Crippen LogP contribution in [0.2, 0.25) is 5.02 Å². The molecule has 126 valence electrons. The molecule has 1 aromatic heterocycles. The fourth-order valence-corrected chi connectivity index (χ4v) is 2.99. The minimum absolute atomic E-state index is 0.151. The van der Waals surface area contributed by atoms with Crippen LogP contribution >= 0.6 is 11.6 Å². The maximum absolute atomic E-state index is 12.5. The lowest BCUT2D eigenvalue weighted by Gasteiger charge is -2.32. The number of ether oxygens (including phenoxy) is 1. The lowest BCUT2D eigenvalue weighted by molar-refractivity contribution is -0.132. The minimum atomic E-state index is 0.151. The van der Waals surface area contributed by atoms with E-state index in [1.165, 1.54) is 0 Å². The number of carbonyl (C=O) groups excluding carboxylic acids is 1. The van der Waals surface area contributed by atoms with Crippen LogP contribution in [0.1, 0.15) is 18.4 Å². The molecule has 24 heavy (non-hydrogen) atoms. The summed E-state index contributed by atoms with van der Waals surface area (Å²) in [5.41, 5.74) is 0.987. The van der Waals surface area contributed by atoms with Crippen molar-refractivity contribution in [3.05, 3.63) is 53.3 Å². The van der Waals surface area contributed by atoms with E-state index in [0.29, 0.717) is 30.0 Å². The first-order valence-electron chi connectivity index (χ1n) is 8.13. The summed E-state index contributed by atoms with van der Waals surface area (Å²) in [6, 6.07) is 9.58. The summed E-state index contributed by atoms with van der Waals surface area (Å²) in [7, 11) is 0. The number of hydrogen-bond acceptors (Lipinski definition) is 4. The molecule has 0 aliphatic carbocycles. The summed E-state index contributed by atoms with van der Waals surface area (Å²) in [5.74, 6) is 0.467. The lowest BCUT2D eigenvalue weighted by atomic mass is 9.98. The van der Waals surface area contributed by atoms with Gasteiger partial charge in [0.05, 0.1) is 13.0 Å². The molecule has 2 heterocycles. The van der Waals surface area contributed by atoms with Gasteiger partial charge < -0.3 is 9.64 Å². The predicted molar refractivity (Wildman–Crippen MR) is 92.0 cm³/mol. The summed E-state index contributed by atoms with van der Waals surface area (Å²) >= 11 is 5.88. The second-order valence-corrected chi connectivity index (χ2v) is 6.43. The van der Waals surface area contributed by atoms with Crippen molar-refractivity contribution in [1.29, 1.82) is 0 Å². The molecular weight excluding hydrogens is 326 g/mol. The standard InChI is InChI=1S/C18H20ClN3O2/c19-16-6-4-14(5-7-16)11-17(23)22-10-1-3-15(12-22)13-24-18-20-8-2-9-21-18/h2,4-9,15H,1,3,10-13H2. The van der Waals surface area contributed by atoms with Gasteiger partial charge in [0.25, 0.3) is 0 Å². The Morgan fingerprint density at radius 2 is 2.00 bits per heavy atom. The van der Waals surface area contributed by atoms with Gasteiger partial charge in [0, 0.05) is 36.4 Å². The molecule has 0 N–H and O–H groups in total. The fraction of sp³-hybridized carbons (Fsp3) is 0.389. The summed E-state index contributed by atoms with van der Waals surface area (Å²) in [4.78, 5) is 22.5. The van der Waals surface area contributed by atoms with Crippen LogP contribution in [0.5, 0.6) is 6.01 Å². The normalized spacial score (nSPS) is 17.5. The van der Waals surface area contributed by atoms with Crippen molar-refractivity contribution in [2.45, 2.75) is 19.3 Å². The number of halogens is 1. The Bertz CT molecular complexity index is 664. The van der Waals surface area contributed by atoms with E-state index in [0.717, 1.165) is 31.5 Å². The van der Waals surface area contributed by atoms with E-state index in [2.05, 4.69) is 9.97 Å². The van der Waals surface area contributed by atoms with Crippen molar-refractivity contribution in [2.75, 3.05) is 19.7 Å². The first-order chi connectivity index (χ1) is 11.7. The molecule has 0 bridgehead atoms. The molecule has 1 fully saturated rings. The molecule has 1 aromatic carbocycles. The molecular formula is C18H20ClN3O2. The first kappa shape index (κ1) is 16.7. The Morgan fingerprint density at radius 1 is 1.25 bits per heavy atom. The molecule has 1 atom stereocenters. The zero-order chi connectivity index (χ0) is 16.8. The van der Waals surface area contributed by atoms with Crippen LogP contribution in [-0.4, -0.2) is 40.5 Å². The molecule has 5 nitrogen and oxygen atoms in total. The quantitative estimate of drug-likeness (QED) is 0.836. The maximum Gasteiger partial charge on any atom is 0.316 e. The van der Waals surface area contributed by atoms with Crippen LogP contribution in [0, 0.1) is 5.92 Å². The van der Waals surface area contributed by atoms with Crippen molar-refractivity contribution in [3.63, 3.8) is 0 Å². The topological polar surface area (TPSA) is 55.3 Å². The van der Waals surface area contributed by atoms with Gasteiger partial charge >= 0.3 is 6.01 Å². The Labute approximate surface area is 146 Å². The third-order valence-corrected chi connectivity index (χ3v) is 4.38. The average Bonchev–Trinajstić information content (AvgIpc) is 2.63. The third kappa shape index (κ3) is 4.68. The summed E-state index contributed by atoms with van der Waals surface area (Å²) in [6.07, 6.45) is 5.77. The largest absolute Gasteiger partial charge is 0.463 e. The number of piperidine rings is 1. The van der Waals surface area contributed by atoms with Gasteiger partial charge in [0.15, 0.2) is 0 Å². The Balaban J connectivity index is 1.51. The van der Waals surface area contributed by atoms with Gasteiger partial charge in [-0.15, -0.1) is 0 Å². The van der Waals surface area contributed by atoms with Crippen molar-refractivity contribution >= 4 is 17.5 Å². The van der Waals surface area contributed by atoms with E-state index in [4.69, 9.17) is 16.3 Å². The van der Waals surface area contributed by atoms with Gasteiger partial charge in [-0.05, 0) is 36.6 Å². The van der Waals surface area contributed by atoms with Crippen LogP contribution in [-0.2, 0) is 11.2 Å². The molecule has 0 radical (unpaired) electrons. The van der Waals surface area contributed by atoms with E-state index in [-0.39, 0.29) is 5.91 Å².